The molecule has 100 valence electrons. The number of hydrogen-bond acceptors (Lipinski definition) is 6. The first-order valence-electron chi connectivity index (χ1n) is 4.94. The van der Waals surface area contributed by atoms with Crippen LogP contribution >= 0.6 is 0 Å². The molecule has 0 aromatic carbocycles. The molecule has 0 saturated carbocycles. The van der Waals surface area contributed by atoms with Gasteiger partial charge in [-0.05, 0) is 6.92 Å². The lowest BCUT2D eigenvalue weighted by Crippen LogP contribution is -2.20. The van der Waals surface area contributed by atoms with E-state index in [0.717, 1.165) is 6.26 Å². The van der Waals surface area contributed by atoms with Crippen molar-refractivity contribution >= 4 is 32.4 Å². The van der Waals surface area contributed by atoms with Crippen LogP contribution < -0.4 is 0 Å². The van der Waals surface area contributed by atoms with E-state index in [-0.39, 0.29) is 23.9 Å². The van der Waals surface area contributed by atoms with Gasteiger partial charge in [0.15, 0.2) is 5.78 Å². The number of ether oxygens (including phenoxy) is 1. The quantitative estimate of drug-likeness (QED) is 0.432. The Bertz CT molecular complexity index is 398. The third-order valence-electron chi connectivity index (χ3n) is 1.65. The van der Waals surface area contributed by atoms with Crippen LogP contribution in [-0.4, -0.2) is 54.5 Å². The first kappa shape index (κ1) is 16.2. The average Bonchev–Trinajstić information content (AvgIpc) is 2.13. The van der Waals surface area contributed by atoms with Crippen molar-refractivity contribution in [2.75, 3.05) is 30.1 Å². The number of hydrogen-bond donors (Lipinski definition) is 0. The molecule has 0 heterocycles. The minimum absolute atomic E-state index is 0.0899. The summed E-state index contributed by atoms with van der Waals surface area (Å²) in [7, 11) is -4.74. The largest absolute Gasteiger partial charge is 0.466 e. The summed E-state index contributed by atoms with van der Waals surface area (Å²) in [4.78, 5) is 22.1. The summed E-state index contributed by atoms with van der Waals surface area (Å²) in [5, 5.41) is 0. The van der Waals surface area contributed by atoms with Crippen LogP contribution in [0.2, 0.25) is 0 Å². The molecule has 8 heteroatoms. The Labute approximate surface area is 103 Å². The number of Topliss-reactive ketones (excluding diaryl/α,β-unsaturated/α-hetero) is 1. The van der Waals surface area contributed by atoms with Crippen molar-refractivity contribution in [3.8, 4) is 0 Å². The van der Waals surface area contributed by atoms with Crippen molar-refractivity contribution in [2.24, 2.45) is 0 Å². The molecule has 0 saturated heterocycles. The topological polar surface area (TPSA) is 94.6 Å². The number of carbonyl (C=O) groups excluding carboxylic acids is 2. The van der Waals surface area contributed by atoms with Gasteiger partial charge in [0.25, 0.3) is 0 Å². The predicted molar refractivity (Wildman–Crippen MR) is 63.8 cm³/mol. The van der Waals surface area contributed by atoms with E-state index in [0.29, 0.717) is 0 Å². The monoisotopic (exact) mass is 284 g/mol. The molecule has 0 aromatic heterocycles. The van der Waals surface area contributed by atoms with Gasteiger partial charge in [0, 0.05) is 22.8 Å². The highest BCUT2D eigenvalue weighted by Crippen LogP contribution is 1.94. The van der Waals surface area contributed by atoms with Crippen molar-refractivity contribution in [3.63, 3.8) is 0 Å². The minimum Gasteiger partial charge on any atom is -0.466 e. The molecule has 1 atom stereocenters. The lowest BCUT2D eigenvalue weighted by atomic mass is 10.3. The van der Waals surface area contributed by atoms with Crippen LogP contribution in [0.1, 0.15) is 13.3 Å². The molecule has 0 radical (unpaired) electrons. The summed E-state index contributed by atoms with van der Waals surface area (Å²) in [6.45, 7) is 1.80. The SMILES string of the molecule is CCOC(=O)CC(=O)CS(=O)CCS(C)(=O)=O. The van der Waals surface area contributed by atoms with Crippen LogP contribution in [0.15, 0.2) is 0 Å². The van der Waals surface area contributed by atoms with Gasteiger partial charge in [0.2, 0.25) is 0 Å². The summed E-state index contributed by atoms with van der Waals surface area (Å²) < 4.78 is 37.4. The predicted octanol–water partition coefficient (Wildman–Crippen LogP) is -0.698. The van der Waals surface area contributed by atoms with Gasteiger partial charge >= 0.3 is 5.97 Å². The molecule has 0 aromatic rings. The molecule has 0 aliphatic rings. The Kier molecular flexibility index (Phi) is 7.21. The number of esters is 1. The molecule has 17 heavy (non-hydrogen) atoms. The number of carbonyl (C=O) groups is 2. The molecule has 0 amide bonds. The van der Waals surface area contributed by atoms with Crippen molar-refractivity contribution in [3.05, 3.63) is 0 Å². The lowest BCUT2D eigenvalue weighted by molar-refractivity contribution is -0.145. The second-order valence-electron chi connectivity index (χ2n) is 3.44. The van der Waals surface area contributed by atoms with E-state index in [4.69, 9.17) is 0 Å². The van der Waals surface area contributed by atoms with E-state index in [1.807, 2.05) is 0 Å². The Morgan fingerprint density at radius 2 is 1.88 bits per heavy atom. The van der Waals surface area contributed by atoms with Gasteiger partial charge in [0.1, 0.15) is 16.3 Å². The standard InChI is InChI=1S/C9H16O6S2/c1-3-15-9(11)6-8(10)7-16(12)4-5-17(2,13)14/h3-7H2,1-2H3. The van der Waals surface area contributed by atoms with Gasteiger partial charge in [-0.2, -0.15) is 0 Å². The molecule has 0 fully saturated rings. The number of sulfone groups is 1. The van der Waals surface area contributed by atoms with Crippen molar-refractivity contribution < 1.29 is 27.0 Å². The third-order valence-corrected chi connectivity index (χ3v) is 4.16. The number of ketones is 1. The van der Waals surface area contributed by atoms with Gasteiger partial charge in [0.05, 0.1) is 18.1 Å². The summed E-state index contributed by atoms with van der Waals surface area (Å²) in [5.41, 5.74) is 0. The average molecular weight is 284 g/mol. The second-order valence-corrected chi connectivity index (χ2v) is 7.27. The molecule has 0 spiro atoms. The van der Waals surface area contributed by atoms with Crippen LogP contribution in [0.4, 0.5) is 0 Å². The zero-order chi connectivity index (χ0) is 13.5. The van der Waals surface area contributed by atoms with E-state index < -0.39 is 38.8 Å². The van der Waals surface area contributed by atoms with Crippen LogP contribution in [0.5, 0.6) is 0 Å². The highest BCUT2D eigenvalue weighted by Gasteiger charge is 2.14. The van der Waals surface area contributed by atoms with Crippen LogP contribution in [0, 0.1) is 0 Å². The van der Waals surface area contributed by atoms with Crippen molar-refractivity contribution in [1.29, 1.82) is 0 Å². The maximum atomic E-state index is 11.3. The van der Waals surface area contributed by atoms with E-state index in [9.17, 15) is 22.2 Å². The Morgan fingerprint density at radius 3 is 2.35 bits per heavy atom. The second kappa shape index (κ2) is 7.54. The first-order chi connectivity index (χ1) is 7.74. The van der Waals surface area contributed by atoms with E-state index in [1.54, 1.807) is 6.92 Å². The zero-order valence-corrected chi connectivity index (χ0v) is 11.4. The van der Waals surface area contributed by atoms with E-state index >= 15 is 0 Å². The highest BCUT2D eigenvalue weighted by atomic mass is 32.2. The van der Waals surface area contributed by atoms with E-state index in [2.05, 4.69) is 4.74 Å². The van der Waals surface area contributed by atoms with Crippen molar-refractivity contribution in [2.45, 2.75) is 13.3 Å². The molecule has 1 unspecified atom stereocenters. The number of rotatable bonds is 8. The van der Waals surface area contributed by atoms with Gasteiger partial charge in [-0.3, -0.25) is 13.8 Å². The highest BCUT2D eigenvalue weighted by molar-refractivity contribution is 7.92. The van der Waals surface area contributed by atoms with Crippen molar-refractivity contribution in [1.82, 2.24) is 0 Å². The van der Waals surface area contributed by atoms with Crippen LogP contribution in [0.3, 0.4) is 0 Å². The fourth-order valence-electron chi connectivity index (χ4n) is 0.920. The summed E-state index contributed by atoms with van der Waals surface area (Å²) in [6.07, 6.45) is 0.614. The van der Waals surface area contributed by atoms with Gasteiger partial charge in [-0.1, -0.05) is 0 Å². The van der Waals surface area contributed by atoms with Crippen LogP contribution in [0.25, 0.3) is 0 Å². The van der Waals surface area contributed by atoms with Gasteiger partial charge in [-0.15, -0.1) is 0 Å². The van der Waals surface area contributed by atoms with Gasteiger partial charge in [-0.25, -0.2) is 8.42 Å². The Hall–Kier alpha value is -0.760. The van der Waals surface area contributed by atoms with Gasteiger partial charge < -0.3 is 4.74 Å². The lowest BCUT2D eigenvalue weighted by Gasteiger charge is -2.02. The summed E-state index contributed by atoms with van der Waals surface area (Å²) >= 11 is 0. The molecular formula is C9H16O6S2. The third kappa shape index (κ3) is 10.1. The molecule has 0 bridgehead atoms. The smallest absolute Gasteiger partial charge is 0.313 e. The van der Waals surface area contributed by atoms with Crippen LogP contribution in [-0.2, 0) is 35.0 Å². The molecule has 6 nitrogen and oxygen atoms in total. The maximum Gasteiger partial charge on any atom is 0.313 e. The molecule has 0 N–H and O–H groups in total. The molecule has 0 aliphatic carbocycles. The Morgan fingerprint density at radius 1 is 1.29 bits per heavy atom. The molecule has 0 rings (SSSR count). The summed E-state index contributed by atoms with van der Waals surface area (Å²) in [6, 6.07) is 0. The fraction of sp³-hybridized carbons (Fsp3) is 0.778. The Balaban J connectivity index is 3.97. The summed E-state index contributed by atoms with van der Waals surface area (Å²) in [5.74, 6) is -1.79. The first-order valence-corrected chi connectivity index (χ1v) is 8.49. The van der Waals surface area contributed by atoms with E-state index in [1.165, 1.54) is 0 Å². The maximum absolute atomic E-state index is 11.3. The minimum atomic E-state index is -3.18. The molecule has 0 aliphatic heterocycles. The molecular weight excluding hydrogens is 268 g/mol. The fourth-order valence-corrected chi connectivity index (χ4v) is 3.48. The zero-order valence-electron chi connectivity index (χ0n) is 9.80. The normalized spacial score (nSPS) is 13.1.